The van der Waals surface area contributed by atoms with Gasteiger partial charge in [-0.1, -0.05) is 48.0 Å². The average Bonchev–Trinajstić information content (AvgIpc) is 2.64. The van der Waals surface area contributed by atoms with Gasteiger partial charge in [0.15, 0.2) is 0 Å². The van der Waals surface area contributed by atoms with Crippen LogP contribution >= 0.6 is 0 Å². The van der Waals surface area contributed by atoms with Crippen molar-refractivity contribution in [2.24, 2.45) is 0 Å². The van der Waals surface area contributed by atoms with E-state index in [0.717, 1.165) is 6.42 Å². The van der Waals surface area contributed by atoms with Crippen LogP contribution in [0.5, 0.6) is 0 Å². The molecule has 0 bridgehead atoms. The Balaban J connectivity index is 2.17. The minimum Gasteiger partial charge on any atom is -0.0829 e. The molecule has 4 rings (SSSR count). The predicted octanol–water partition coefficient (Wildman–Crippen LogP) is 4.70. The van der Waals surface area contributed by atoms with E-state index in [-0.39, 0.29) is 5.41 Å². The van der Waals surface area contributed by atoms with Crippen molar-refractivity contribution >= 4 is 0 Å². The molecule has 0 aliphatic heterocycles. The van der Waals surface area contributed by atoms with Crippen LogP contribution in [0.2, 0.25) is 0 Å². The quantitative estimate of drug-likeness (QED) is 0.591. The second-order valence-electron chi connectivity index (χ2n) is 6.14. The summed E-state index contributed by atoms with van der Waals surface area (Å²) in [6.45, 7) is 6.80. The third kappa shape index (κ3) is 1.24. The van der Waals surface area contributed by atoms with E-state index in [4.69, 9.17) is 0 Å². The molecule has 0 nitrogen and oxygen atoms in total. The first-order valence-electron chi connectivity index (χ1n) is 7.03. The number of aryl methyl sites for hydroxylation is 2. The van der Waals surface area contributed by atoms with Gasteiger partial charge in [-0.25, -0.2) is 0 Å². The van der Waals surface area contributed by atoms with Crippen molar-refractivity contribution in [3.05, 3.63) is 70.3 Å². The lowest BCUT2D eigenvalue weighted by molar-refractivity contribution is 0.717. The third-order valence-corrected chi connectivity index (χ3v) is 4.86. The molecular formula is C19H18. The van der Waals surface area contributed by atoms with Crippen LogP contribution in [0.3, 0.4) is 0 Å². The molecule has 0 N–H and O–H groups in total. The minimum atomic E-state index is 0.0797. The van der Waals surface area contributed by atoms with E-state index in [0.29, 0.717) is 0 Å². The molecule has 2 aromatic rings. The zero-order chi connectivity index (χ0) is 13.2. The van der Waals surface area contributed by atoms with Gasteiger partial charge >= 0.3 is 0 Å². The molecule has 1 unspecified atom stereocenters. The van der Waals surface area contributed by atoms with Crippen LogP contribution < -0.4 is 0 Å². The maximum Gasteiger partial charge on any atom is 0.0369 e. The Kier molecular flexibility index (Phi) is 1.97. The number of allylic oxidation sites excluding steroid dienone is 2. The van der Waals surface area contributed by atoms with E-state index in [1.165, 1.54) is 33.4 Å². The molecule has 0 fully saturated rings. The molecule has 0 heterocycles. The monoisotopic (exact) mass is 246 g/mol. The highest BCUT2D eigenvalue weighted by Crippen LogP contribution is 2.53. The number of fused-ring (bicyclic) bond motifs is 3. The van der Waals surface area contributed by atoms with Gasteiger partial charge in [0.1, 0.15) is 0 Å². The molecule has 0 saturated carbocycles. The summed E-state index contributed by atoms with van der Waals surface area (Å²) in [5, 5.41) is 0. The molecule has 0 heteroatoms. The van der Waals surface area contributed by atoms with Gasteiger partial charge in [-0.3, -0.25) is 0 Å². The van der Waals surface area contributed by atoms with Gasteiger partial charge in [0.2, 0.25) is 0 Å². The molecular weight excluding hydrogens is 228 g/mol. The summed E-state index contributed by atoms with van der Waals surface area (Å²) in [6, 6.07) is 11.5. The largest absolute Gasteiger partial charge is 0.0829 e. The van der Waals surface area contributed by atoms with Crippen LogP contribution in [0.15, 0.2) is 42.5 Å². The van der Waals surface area contributed by atoms with Crippen molar-refractivity contribution in [2.45, 2.75) is 32.6 Å². The minimum absolute atomic E-state index is 0.0797. The van der Waals surface area contributed by atoms with E-state index < -0.39 is 0 Å². The second kappa shape index (κ2) is 3.39. The Hall–Kier alpha value is -1.82. The van der Waals surface area contributed by atoms with Crippen LogP contribution in [0.1, 0.15) is 34.7 Å². The van der Waals surface area contributed by atoms with Gasteiger partial charge in [0, 0.05) is 5.41 Å². The van der Waals surface area contributed by atoms with Crippen LogP contribution in [0.25, 0.3) is 11.1 Å². The van der Waals surface area contributed by atoms with Gasteiger partial charge < -0.3 is 0 Å². The smallest absolute Gasteiger partial charge is 0.0369 e. The van der Waals surface area contributed by atoms with Gasteiger partial charge in [0.25, 0.3) is 0 Å². The first kappa shape index (κ1) is 11.0. The highest BCUT2D eigenvalue weighted by atomic mass is 14.4. The van der Waals surface area contributed by atoms with Gasteiger partial charge in [0.05, 0.1) is 0 Å². The summed E-state index contributed by atoms with van der Waals surface area (Å²) in [5.74, 6) is 0. The molecule has 2 aliphatic carbocycles. The first-order chi connectivity index (χ1) is 9.11. The number of rotatable bonds is 0. The van der Waals surface area contributed by atoms with Crippen molar-refractivity contribution in [2.75, 3.05) is 0 Å². The molecule has 19 heavy (non-hydrogen) atoms. The van der Waals surface area contributed by atoms with Crippen LogP contribution in [0.4, 0.5) is 0 Å². The molecule has 2 aromatic carbocycles. The molecule has 0 radical (unpaired) electrons. The maximum atomic E-state index is 2.41. The number of hydrogen-bond acceptors (Lipinski definition) is 0. The summed E-state index contributed by atoms with van der Waals surface area (Å²) >= 11 is 0. The highest BCUT2D eigenvalue weighted by molar-refractivity contribution is 5.84. The standard InChI is InChI=1S/C19H18/c1-12-6-8-15-16-9-7-13(2)14-5-4-10-19(3,18(14)16)17(15)11-12/h4,6-11H,5H2,1-3H3. The average molecular weight is 246 g/mol. The molecule has 0 saturated heterocycles. The van der Waals surface area contributed by atoms with Crippen molar-refractivity contribution in [1.29, 1.82) is 0 Å². The van der Waals surface area contributed by atoms with Gasteiger partial charge in [-0.2, -0.15) is 0 Å². The van der Waals surface area contributed by atoms with Crippen LogP contribution in [0, 0.1) is 13.8 Å². The van der Waals surface area contributed by atoms with E-state index >= 15 is 0 Å². The molecule has 1 atom stereocenters. The normalized spacial score (nSPS) is 22.3. The maximum absolute atomic E-state index is 2.41. The fourth-order valence-electron chi connectivity index (χ4n) is 3.88. The topological polar surface area (TPSA) is 0 Å². The number of hydrogen-bond donors (Lipinski definition) is 0. The molecule has 0 amide bonds. The summed E-state index contributed by atoms with van der Waals surface area (Å²) in [4.78, 5) is 0. The summed E-state index contributed by atoms with van der Waals surface area (Å²) in [6.07, 6.45) is 5.83. The Labute approximate surface area is 114 Å². The van der Waals surface area contributed by atoms with Crippen LogP contribution in [-0.4, -0.2) is 0 Å². The molecule has 0 aromatic heterocycles. The van der Waals surface area contributed by atoms with Crippen LogP contribution in [-0.2, 0) is 11.8 Å². The zero-order valence-corrected chi connectivity index (χ0v) is 11.7. The first-order valence-corrected chi connectivity index (χ1v) is 7.03. The third-order valence-electron chi connectivity index (χ3n) is 4.86. The Morgan fingerprint density at radius 3 is 2.63 bits per heavy atom. The van der Waals surface area contributed by atoms with E-state index in [1.807, 2.05) is 0 Å². The van der Waals surface area contributed by atoms with Crippen molar-refractivity contribution in [3.8, 4) is 11.1 Å². The second-order valence-corrected chi connectivity index (χ2v) is 6.14. The van der Waals surface area contributed by atoms with E-state index in [9.17, 15) is 0 Å². The van der Waals surface area contributed by atoms with Crippen molar-refractivity contribution < 1.29 is 0 Å². The fraction of sp³-hybridized carbons (Fsp3) is 0.263. The summed E-state index contributed by atoms with van der Waals surface area (Å²) < 4.78 is 0. The van der Waals surface area contributed by atoms with Gasteiger partial charge in [-0.05, 0) is 60.6 Å². The van der Waals surface area contributed by atoms with Gasteiger partial charge in [-0.15, -0.1) is 0 Å². The van der Waals surface area contributed by atoms with Crippen molar-refractivity contribution in [1.82, 2.24) is 0 Å². The lowest BCUT2D eigenvalue weighted by Gasteiger charge is -2.30. The Morgan fingerprint density at radius 2 is 1.79 bits per heavy atom. The summed E-state index contributed by atoms with van der Waals surface area (Å²) in [7, 11) is 0. The Morgan fingerprint density at radius 1 is 1.00 bits per heavy atom. The Bertz CT molecular complexity index is 734. The molecule has 2 aliphatic rings. The summed E-state index contributed by atoms with van der Waals surface area (Å²) in [5.41, 5.74) is 10.3. The molecule has 94 valence electrons. The SMILES string of the molecule is Cc1ccc2c(c1)C1(C)C=CCc3c(C)ccc-2c31. The zero-order valence-electron chi connectivity index (χ0n) is 11.7. The number of benzene rings is 2. The lowest BCUT2D eigenvalue weighted by atomic mass is 9.73. The van der Waals surface area contributed by atoms with E-state index in [1.54, 1.807) is 5.56 Å². The predicted molar refractivity (Wildman–Crippen MR) is 80.7 cm³/mol. The van der Waals surface area contributed by atoms with Crippen molar-refractivity contribution in [3.63, 3.8) is 0 Å². The molecule has 0 spiro atoms. The lowest BCUT2D eigenvalue weighted by Crippen LogP contribution is -2.22. The van der Waals surface area contributed by atoms with E-state index in [2.05, 4.69) is 63.3 Å². The highest BCUT2D eigenvalue weighted by Gasteiger charge is 2.40. The fourth-order valence-corrected chi connectivity index (χ4v) is 3.88.